The predicted octanol–water partition coefficient (Wildman–Crippen LogP) is 2.33. The zero-order valence-corrected chi connectivity index (χ0v) is 14.9. The maximum Gasteiger partial charge on any atom is 0.274 e. The fourth-order valence-corrected chi connectivity index (χ4v) is 3.48. The van der Waals surface area contributed by atoms with Gasteiger partial charge in [-0.25, -0.2) is 18.1 Å². The number of halogens is 2. The maximum absolute atomic E-state index is 12.1. The first-order valence-corrected chi connectivity index (χ1v) is 9.04. The molecule has 9 heteroatoms. The molecule has 2 rings (SSSR count). The van der Waals surface area contributed by atoms with Crippen LogP contribution in [0.5, 0.6) is 0 Å². The van der Waals surface area contributed by atoms with E-state index in [-0.39, 0.29) is 18.3 Å². The van der Waals surface area contributed by atoms with E-state index in [2.05, 4.69) is 25.6 Å². The molecule has 0 bridgehead atoms. The number of benzene rings is 1. The van der Waals surface area contributed by atoms with Crippen LogP contribution in [-0.2, 0) is 28.4 Å². The number of imidazole rings is 1. The molecule has 0 unspecified atom stereocenters. The summed E-state index contributed by atoms with van der Waals surface area (Å²) >= 11 is 9.08. The van der Waals surface area contributed by atoms with Crippen LogP contribution in [0, 0.1) is 0 Å². The van der Waals surface area contributed by atoms with E-state index in [9.17, 15) is 8.42 Å². The van der Waals surface area contributed by atoms with Crippen LogP contribution in [0.15, 0.2) is 40.2 Å². The van der Waals surface area contributed by atoms with E-state index < -0.39 is 10.0 Å². The van der Waals surface area contributed by atoms with Crippen LogP contribution in [0.4, 0.5) is 0 Å². The van der Waals surface area contributed by atoms with Crippen molar-refractivity contribution in [3.8, 4) is 0 Å². The van der Waals surface area contributed by atoms with Gasteiger partial charge >= 0.3 is 0 Å². The summed E-state index contributed by atoms with van der Waals surface area (Å²) in [4.78, 5) is 3.85. The van der Waals surface area contributed by atoms with E-state index >= 15 is 0 Å². The molecule has 0 atom stereocenters. The number of hydrogen-bond donors (Lipinski definition) is 1. The summed E-state index contributed by atoms with van der Waals surface area (Å²) in [7, 11) is -2.04. The van der Waals surface area contributed by atoms with Gasteiger partial charge in [-0.1, -0.05) is 23.7 Å². The quantitative estimate of drug-likeness (QED) is 0.714. The van der Waals surface area contributed by atoms with Gasteiger partial charge in [-0.3, -0.25) is 0 Å². The van der Waals surface area contributed by atoms with Crippen molar-refractivity contribution in [1.29, 1.82) is 0 Å². The van der Waals surface area contributed by atoms with Crippen LogP contribution in [0.25, 0.3) is 0 Å². The summed E-state index contributed by atoms with van der Waals surface area (Å²) in [5, 5.41) is 0.594. The van der Waals surface area contributed by atoms with Crippen LogP contribution >= 0.6 is 27.5 Å². The topological polar surface area (TPSA) is 73.2 Å². The smallest absolute Gasteiger partial charge is 0.274 e. The monoisotopic (exact) mass is 407 g/mol. The van der Waals surface area contributed by atoms with Crippen molar-refractivity contribution in [2.45, 2.75) is 11.8 Å². The molecule has 1 aromatic heterocycles. The lowest BCUT2D eigenvalue weighted by Crippen LogP contribution is -2.29. The number of sulfonamides is 1. The summed E-state index contributed by atoms with van der Waals surface area (Å²) in [6.07, 6.45) is 1.43. The first kappa shape index (κ1) is 17.4. The Morgan fingerprint density at radius 1 is 1.45 bits per heavy atom. The summed E-state index contributed by atoms with van der Waals surface area (Å²) in [5.41, 5.74) is 0.934. The molecule has 2 aromatic rings. The molecule has 0 amide bonds. The number of nitrogens with one attached hydrogen (secondary N) is 1. The van der Waals surface area contributed by atoms with Crippen molar-refractivity contribution in [3.63, 3.8) is 0 Å². The Kier molecular flexibility index (Phi) is 5.99. The van der Waals surface area contributed by atoms with Gasteiger partial charge in [-0.05, 0) is 33.6 Å². The number of aromatic nitrogens is 2. The van der Waals surface area contributed by atoms with Gasteiger partial charge in [0.25, 0.3) is 10.0 Å². The Morgan fingerprint density at radius 3 is 2.86 bits per heavy atom. The largest absolute Gasteiger partial charge is 0.375 e. The van der Waals surface area contributed by atoms with Crippen LogP contribution in [0.1, 0.15) is 5.56 Å². The molecule has 0 radical (unpaired) electrons. The van der Waals surface area contributed by atoms with E-state index in [0.29, 0.717) is 16.2 Å². The van der Waals surface area contributed by atoms with Crippen molar-refractivity contribution in [2.75, 3.05) is 13.2 Å². The van der Waals surface area contributed by atoms with Crippen molar-refractivity contribution in [3.05, 3.63) is 45.7 Å². The number of ether oxygens (including phenoxy) is 1. The fraction of sp³-hybridized carbons (Fsp3) is 0.308. The van der Waals surface area contributed by atoms with Gasteiger partial charge in [0.05, 0.1) is 19.4 Å². The SMILES string of the molecule is Cn1c(Br)cnc1S(=O)(=O)NCCOCc1cccc(Cl)c1. The van der Waals surface area contributed by atoms with Crippen LogP contribution in [-0.4, -0.2) is 31.1 Å². The predicted molar refractivity (Wildman–Crippen MR) is 87.2 cm³/mol. The Hall–Kier alpha value is -0.930. The van der Waals surface area contributed by atoms with Crippen molar-refractivity contribution >= 4 is 37.6 Å². The highest BCUT2D eigenvalue weighted by Gasteiger charge is 2.20. The van der Waals surface area contributed by atoms with Gasteiger partial charge < -0.3 is 9.30 Å². The molecule has 1 N–H and O–H groups in total. The van der Waals surface area contributed by atoms with Crippen LogP contribution < -0.4 is 4.72 Å². The Bertz CT molecular complexity index is 749. The summed E-state index contributed by atoms with van der Waals surface area (Å²) in [5.74, 6) is 0. The molecule has 1 aromatic carbocycles. The zero-order valence-electron chi connectivity index (χ0n) is 11.8. The molecule has 0 aliphatic carbocycles. The lowest BCUT2D eigenvalue weighted by atomic mass is 10.2. The second-order valence-electron chi connectivity index (χ2n) is 4.50. The highest BCUT2D eigenvalue weighted by Crippen LogP contribution is 2.14. The fourth-order valence-electron chi connectivity index (χ4n) is 1.75. The van der Waals surface area contributed by atoms with Gasteiger partial charge in [0.1, 0.15) is 4.60 Å². The minimum absolute atomic E-state index is 0.0470. The van der Waals surface area contributed by atoms with Gasteiger partial charge in [-0.2, -0.15) is 0 Å². The van der Waals surface area contributed by atoms with Crippen LogP contribution in [0.3, 0.4) is 0 Å². The molecule has 0 fully saturated rings. The first-order chi connectivity index (χ1) is 10.4. The van der Waals surface area contributed by atoms with Gasteiger partial charge in [0, 0.05) is 18.6 Å². The van der Waals surface area contributed by atoms with E-state index in [4.69, 9.17) is 16.3 Å². The molecular weight excluding hydrogens is 394 g/mol. The molecule has 0 aliphatic heterocycles. The average Bonchev–Trinajstić information content (AvgIpc) is 2.79. The lowest BCUT2D eigenvalue weighted by molar-refractivity contribution is 0.126. The Balaban J connectivity index is 1.80. The van der Waals surface area contributed by atoms with Crippen LogP contribution in [0.2, 0.25) is 5.02 Å². The molecule has 0 spiro atoms. The highest BCUT2D eigenvalue weighted by molar-refractivity contribution is 9.10. The van der Waals surface area contributed by atoms with E-state index in [1.165, 1.54) is 10.8 Å². The number of rotatable bonds is 7. The highest BCUT2D eigenvalue weighted by atomic mass is 79.9. The molecule has 0 saturated heterocycles. The lowest BCUT2D eigenvalue weighted by Gasteiger charge is -2.08. The van der Waals surface area contributed by atoms with E-state index in [1.54, 1.807) is 19.2 Å². The standard InChI is InChI=1S/C13H15BrClN3O3S/c1-18-12(14)8-16-13(18)22(19,20)17-5-6-21-9-10-3-2-4-11(15)7-10/h2-4,7-8,17H,5-6,9H2,1H3. The molecular formula is C13H15BrClN3O3S. The van der Waals surface area contributed by atoms with Crippen molar-refractivity contribution in [1.82, 2.24) is 14.3 Å². The van der Waals surface area contributed by atoms with Crippen molar-refractivity contribution in [2.24, 2.45) is 7.05 Å². The van der Waals surface area contributed by atoms with Gasteiger partial charge in [0.15, 0.2) is 0 Å². The number of hydrogen-bond acceptors (Lipinski definition) is 4. The summed E-state index contributed by atoms with van der Waals surface area (Å²) < 4.78 is 34.0. The average molecular weight is 409 g/mol. The van der Waals surface area contributed by atoms with Crippen molar-refractivity contribution < 1.29 is 13.2 Å². The molecule has 22 heavy (non-hydrogen) atoms. The molecule has 6 nitrogen and oxygen atoms in total. The van der Waals surface area contributed by atoms with E-state index in [1.807, 2.05) is 12.1 Å². The third kappa shape index (κ3) is 4.53. The Labute approximate surface area is 142 Å². The van der Waals surface area contributed by atoms with Gasteiger partial charge in [-0.15, -0.1) is 0 Å². The minimum atomic E-state index is -3.65. The second kappa shape index (κ2) is 7.56. The maximum atomic E-state index is 12.1. The van der Waals surface area contributed by atoms with Gasteiger partial charge in [0.2, 0.25) is 5.16 Å². The molecule has 0 aliphatic rings. The molecule has 120 valence electrons. The normalized spacial score (nSPS) is 11.8. The number of nitrogens with zero attached hydrogens (tertiary/aromatic N) is 2. The second-order valence-corrected chi connectivity index (χ2v) is 7.41. The Morgan fingerprint density at radius 2 is 2.23 bits per heavy atom. The molecule has 0 saturated carbocycles. The zero-order chi connectivity index (χ0) is 16.2. The first-order valence-electron chi connectivity index (χ1n) is 6.39. The third-order valence-electron chi connectivity index (χ3n) is 2.83. The summed E-state index contributed by atoms with van der Waals surface area (Å²) in [6, 6.07) is 7.31. The minimum Gasteiger partial charge on any atom is -0.375 e. The van der Waals surface area contributed by atoms with E-state index in [0.717, 1.165) is 5.56 Å². The molecule has 1 heterocycles. The third-order valence-corrected chi connectivity index (χ3v) is 5.24. The summed E-state index contributed by atoms with van der Waals surface area (Å²) in [6.45, 7) is 0.779.